The first kappa shape index (κ1) is 12.9. The minimum atomic E-state index is 0.124. The number of hydrogen-bond donors (Lipinski definition) is 0. The van der Waals surface area contributed by atoms with Crippen LogP contribution in [0.4, 0.5) is 5.69 Å². The number of para-hydroxylation sites is 1. The van der Waals surface area contributed by atoms with E-state index in [2.05, 4.69) is 12.1 Å². The number of nitrogens with zero attached hydrogens (tertiary/aromatic N) is 1. The van der Waals surface area contributed by atoms with Crippen molar-refractivity contribution in [1.82, 2.24) is 0 Å². The molecule has 0 fully saturated rings. The van der Waals surface area contributed by atoms with Gasteiger partial charge in [0.05, 0.1) is 18.7 Å². The molecule has 0 saturated heterocycles. The first-order chi connectivity index (χ1) is 9.81. The summed E-state index contributed by atoms with van der Waals surface area (Å²) in [6.07, 6.45) is 0.439. The van der Waals surface area contributed by atoms with Gasteiger partial charge >= 0.3 is 0 Å². The molecule has 0 unspecified atom stereocenters. The normalized spacial score (nSPS) is 13.7. The van der Waals surface area contributed by atoms with Crippen LogP contribution in [0.5, 0.6) is 0 Å². The van der Waals surface area contributed by atoms with E-state index in [9.17, 15) is 4.79 Å². The molecule has 0 N–H and O–H groups in total. The van der Waals surface area contributed by atoms with E-state index in [1.807, 2.05) is 41.3 Å². The summed E-state index contributed by atoms with van der Waals surface area (Å²) in [4.78, 5) is 14.3. The fourth-order valence-corrected chi connectivity index (χ4v) is 2.69. The van der Waals surface area contributed by atoms with Crippen LogP contribution in [0.3, 0.4) is 0 Å². The summed E-state index contributed by atoms with van der Waals surface area (Å²) >= 11 is 0. The Morgan fingerprint density at radius 3 is 2.55 bits per heavy atom. The third-order valence-electron chi connectivity index (χ3n) is 3.66. The Labute approximate surface area is 118 Å². The van der Waals surface area contributed by atoms with Gasteiger partial charge in [-0.15, -0.1) is 0 Å². The summed E-state index contributed by atoms with van der Waals surface area (Å²) in [7, 11) is 1.66. The second-order valence-corrected chi connectivity index (χ2v) is 4.89. The van der Waals surface area contributed by atoms with Gasteiger partial charge in [0, 0.05) is 19.2 Å². The fourth-order valence-electron chi connectivity index (χ4n) is 2.69. The van der Waals surface area contributed by atoms with Crippen molar-refractivity contribution in [1.29, 1.82) is 0 Å². The van der Waals surface area contributed by atoms with Crippen molar-refractivity contribution in [2.45, 2.75) is 6.42 Å². The molecule has 0 radical (unpaired) electrons. The molecule has 20 heavy (non-hydrogen) atoms. The highest BCUT2D eigenvalue weighted by atomic mass is 16.5. The molecule has 1 amide bonds. The van der Waals surface area contributed by atoms with Gasteiger partial charge in [-0.1, -0.05) is 42.5 Å². The van der Waals surface area contributed by atoms with Crippen molar-refractivity contribution in [2.24, 2.45) is 0 Å². The maximum Gasteiger partial charge on any atom is 0.231 e. The molecular formula is C17H17NO2. The number of carbonyl (C=O) groups is 1. The molecule has 0 bridgehead atoms. The number of rotatable bonds is 3. The summed E-state index contributed by atoms with van der Waals surface area (Å²) < 4.78 is 5.13. The molecule has 0 aliphatic carbocycles. The average Bonchev–Trinajstić information content (AvgIpc) is 2.60. The average molecular weight is 267 g/mol. The molecule has 1 aliphatic heterocycles. The maximum atomic E-state index is 12.5. The molecule has 1 heterocycles. The number of hydrogen-bond acceptors (Lipinski definition) is 2. The van der Waals surface area contributed by atoms with Gasteiger partial charge in [0.25, 0.3) is 0 Å². The quantitative estimate of drug-likeness (QED) is 0.855. The predicted molar refractivity (Wildman–Crippen MR) is 79.8 cm³/mol. The van der Waals surface area contributed by atoms with E-state index in [-0.39, 0.29) is 5.91 Å². The Hall–Kier alpha value is -2.13. The Morgan fingerprint density at radius 1 is 1.05 bits per heavy atom. The number of methoxy groups -OCH3 is 1. The van der Waals surface area contributed by atoms with Crippen LogP contribution in [0.2, 0.25) is 0 Å². The third kappa shape index (κ3) is 2.21. The second kappa shape index (κ2) is 5.47. The van der Waals surface area contributed by atoms with Crippen molar-refractivity contribution in [3.8, 4) is 11.1 Å². The van der Waals surface area contributed by atoms with E-state index in [0.717, 1.165) is 22.4 Å². The van der Waals surface area contributed by atoms with E-state index in [4.69, 9.17) is 4.74 Å². The van der Waals surface area contributed by atoms with Gasteiger partial charge in [-0.2, -0.15) is 0 Å². The standard InChI is InChI=1S/C17H17NO2/c1-20-11-10-18-16-9-5-4-8-15(16)14-7-3-2-6-13(14)12-17(18)19/h2-9H,10-12H2,1H3. The van der Waals surface area contributed by atoms with Crippen molar-refractivity contribution in [2.75, 3.05) is 25.2 Å². The fraction of sp³-hybridized carbons (Fsp3) is 0.235. The largest absolute Gasteiger partial charge is 0.383 e. The summed E-state index contributed by atoms with van der Waals surface area (Å²) in [6.45, 7) is 1.12. The molecule has 0 saturated carbocycles. The summed E-state index contributed by atoms with van der Waals surface area (Å²) in [5, 5.41) is 0. The Bertz CT molecular complexity index is 636. The van der Waals surface area contributed by atoms with Crippen molar-refractivity contribution in [3.05, 3.63) is 54.1 Å². The third-order valence-corrected chi connectivity index (χ3v) is 3.66. The highest BCUT2D eigenvalue weighted by molar-refractivity contribution is 6.02. The zero-order valence-corrected chi connectivity index (χ0v) is 11.5. The summed E-state index contributed by atoms with van der Waals surface area (Å²) in [5.74, 6) is 0.124. The van der Waals surface area contributed by atoms with Gasteiger partial charge in [-0.3, -0.25) is 4.79 Å². The maximum absolute atomic E-state index is 12.5. The lowest BCUT2D eigenvalue weighted by Crippen LogP contribution is -2.34. The van der Waals surface area contributed by atoms with E-state index in [1.165, 1.54) is 0 Å². The summed E-state index contributed by atoms with van der Waals surface area (Å²) in [6, 6.07) is 16.2. The Balaban J connectivity index is 2.14. The smallest absolute Gasteiger partial charge is 0.231 e. The van der Waals surface area contributed by atoms with E-state index < -0.39 is 0 Å². The number of ether oxygens (including phenoxy) is 1. The zero-order valence-electron chi connectivity index (χ0n) is 11.5. The lowest BCUT2D eigenvalue weighted by atomic mass is 9.98. The molecule has 0 atom stereocenters. The molecule has 2 aromatic rings. The molecule has 0 spiro atoms. The van der Waals surface area contributed by atoms with Crippen LogP contribution in [0.1, 0.15) is 5.56 Å². The number of fused-ring (bicyclic) bond motifs is 3. The van der Waals surface area contributed by atoms with Gasteiger partial charge in [-0.25, -0.2) is 0 Å². The van der Waals surface area contributed by atoms with Crippen LogP contribution < -0.4 is 4.90 Å². The minimum Gasteiger partial charge on any atom is -0.383 e. The zero-order chi connectivity index (χ0) is 13.9. The van der Waals surface area contributed by atoms with E-state index in [1.54, 1.807) is 7.11 Å². The SMILES string of the molecule is COCCN1C(=O)Cc2ccccc2-c2ccccc21. The van der Waals surface area contributed by atoms with E-state index >= 15 is 0 Å². The van der Waals surface area contributed by atoms with Crippen molar-refractivity contribution in [3.63, 3.8) is 0 Å². The molecule has 3 heteroatoms. The van der Waals surface area contributed by atoms with Crippen LogP contribution in [0.15, 0.2) is 48.5 Å². The molecule has 3 rings (SSSR count). The van der Waals surface area contributed by atoms with Crippen LogP contribution in [0.25, 0.3) is 11.1 Å². The lowest BCUT2D eigenvalue weighted by Gasteiger charge is -2.22. The minimum absolute atomic E-state index is 0.124. The van der Waals surface area contributed by atoms with E-state index in [0.29, 0.717) is 19.6 Å². The Kier molecular flexibility index (Phi) is 3.52. The van der Waals surface area contributed by atoms with Gasteiger partial charge in [0.1, 0.15) is 0 Å². The molecular weight excluding hydrogens is 250 g/mol. The topological polar surface area (TPSA) is 29.5 Å². The lowest BCUT2D eigenvalue weighted by molar-refractivity contribution is -0.118. The van der Waals surface area contributed by atoms with Gasteiger partial charge in [-0.05, 0) is 17.2 Å². The molecule has 102 valence electrons. The first-order valence-electron chi connectivity index (χ1n) is 6.78. The highest BCUT2D eigenvalue weighted by Gasteiger charge is 2.24. The van der Waals surface area contributed by atoms with Gasteiger partial charge in [0.15, 0.2) is 0 Å². The molecule has 2 aromatic carbocycles. The number of anilines is 1. The molecule has 0 aromatic heterocycles. The van der Waals surface area contributed by atoms with Crippen LogP contribution >= 0.6 is 0 Å². The van der Waals surface area contributed by atoms with Crippen LogP contribution in [-0.4, -0.2) is 26.2 Å². The molecule has 1 aliphatic rings. The van der Waals surface area contributed by atoms with Gasteiger partial charge in [0.2, 0.25) is 5.91 Å². The first-order valence-corrected chi connectivity index (χ1v) is 6.78. The van der Waals surface area contributed by atoms with Crippen molar-refractivity contribution < 1.29 is 9.53 Å². The van der Waals surface area contributed by atoms with Crippen molar-refractivity contribution >= 4 is 11.6 Å². The summed E-state index contributed by atoms with van der Waals surface area (Å²) in [5.41, 5.74) is 4.32. The Morgan fingerprint density at radius 2 is 1.75 bits per heavy atom. The molecule has 3 nitrogen and oxygen atoms in total. The monoisotopic (exact) mass is 267 g/mol. The number of amides is 1. The number of benzene rings is 2. The number of carbonyl (C=O) groups excluding carboxylic acids is 1. The predicted octanol–water partition coefficient (Wildman–Crippen LogP) is 2.89. The second-order valence-electron chi connectivity index (χ2n) is 4.89. The van der Waals surface area contributed by atoms with Gasteiger partial charge < -0.3 is 9.64 Å². The highest BCUT2D eigenvalue weighted by Crippen LogP contribution is 2.36. The van der Waals surface area contributed by atoms with Crippen LogP contribution in [-0.2, 0) is 16.0 Å². The van der Waals surface area contributed by atoms with Crippen LogP contribution in [0, 0.1) is 0 Å².